The molecule has 1 aliphatic heterocycles. The first-order chi connectivity index (χ1) is 9.12. The lowest BCUT2D eigenvalue weighted by Gasteiger charge is -2.35. The lowest BCUT2D eigenvalue weighted by Crippen LogP contribution is -2.52. The molecule has 0 bridgehead atoms. The van der Waals surface area contributed by atoms with Crippen LogP contribution in [0.3, 0.4) is 0 Å². The molecule has 0 aromatic carbocycles. The third-order valence-corrected chi connectivity index (χ3v) is 3.53. The molecule has 0 aromatic heterocycles. The number of hydrogen-bond donors (Lipinski definition) is 1. The van der Waals surface area contributed by atoms with Gasteiger partial charge in [0.05, 0.1) is 13.1 Å². The van der Waals surface area contributed by atoms with Gasteiger partial charge in [0.15, 0.2) is 0 Å². The second-order valence-corrected chi connectivity index (χ2v) is 4.75. The first-order valence-electron chi connectivity index (χ1n) is 7.04. The lowest BCUT2D eigenvalue weighted by atomic mass is 10.3. The number of hydrogen-bond acceptors (Lipinski definition) is 4. The number of nitrogens with zero attached hydrogens (tertiary/aromatic N) is 3. The molecular formula is C13H26N4O2. The molecule has 1 fully saturated rings. The van der Waals surface area contributed by atoms with Crippen molar-refractivity contribution in [3.63, 3.8) is 0 Å². The Morgan fingerprint density at radius 3 is 2.16 bits per heavy atom. The number of likely N-dealkylation sites (N-methyl/N-ethyl adjacent to an activating group) is 2. The highest BCUT2D eigenvalue weighted by Gasteiger charge is 2.22. The summed E-state index contributed by atoms with van der Waals surface area (Å²) >= 11 is 0. The molecule has 0 spiro atoms. The van der Waals surface area contributed by atoms with E-state index in [-0.39, 0.29) is 11.8 Å². The van der Waals surface area contributed by atoms with Crippen molar-refractivity contribution in [2.75, 3.05) is 59.4 Å². The third-order valence-electron chi connectivity index (χ3n) is 3.53. The molecular weight excluding hydrogens is 244 g/mol. The van der Waals surface area contributed by atoms with Gasteiger partial charge in [0.2, 0.25) is 11.8 Å². The van der Waals surface area contributed by atoms with Crippen molar-refractivity contribution in [2.24, 2.45) is 0 Å². The largest absolute Gasteiger partial charge is 0.342 e. The van der Waals surface area contributed by atoms with Crippen LogP contribution < -0.4 is 5.32 Å². The number of carbonyl (C=O) groups is 2. The number of piperazine rings is 1. The van der Waals surface area contributed by atoms with Crippen LogP contribution in [0.15, 0.2) is 0 Å². The highest BCUT2D eigenvalue weighted by molar-refractivity contribution is 5.79. The summed E-state index contributed by atoms with van der Waals surface area (Å²) in [6.07, 6.45) is 0. The van der Waals surface area contributed by atoms with E-state index in [2.05, 4.69) is 10.2 Å². The van der Waals surface area contributed by atoms with Crippen LogP contribution in [-0.2, 0) is 9.59 Å². The van der Waals surface area contributed by atoms with Crippen molar-refractivity contribution in [3.05, 3.63) is 0 Å². The number of amides is 2. The predicted molar refractivity (Wildman–Crippen MR) is 74.9 cm³/mol. The Morgan fingerprint density at radius 1 is 1.11 bits per heavy atom. The minimum absolute atomic E-state index is 0.136. The van der Waals surface area contributed by atoms with Crippen LogP contribution in [0.1, 0.15) is 13.8 Å². The minimum atomic E-state index is 0.136. The first-order valence-corrected chi connectivity index (χ1v) is 7.04. The fourth-order valence-electron chi connectivity index (χ4n) is 2.29. The van der Waals surface area contributed by atoms with Crippen LogP contribution in [0.5, 0.6) is 0 Å². The van der Waals surface area contributed by atoms with E-state index < -0.39 is 0 Å². The van der Waals surface area contributed by atoms with Crippen molar-refractivity contribution >= 4 is 11.8 Å². The van der Waals surface area contributed by atoms with Crippen molar-refractivity contribution < 1.29 is 9.59 Å². The molecule has 110 valence electrons. The molecule has 6 heteroatoms. The summed E-state index contributed by atoms with van der Waals surface area (Å²) in [4.78, 5) is 29.5. The summed E-state index contributed by atoms with van der Waals surface area (Å²) in [6, 6.07) is 0. The molecule has 0 aromatic rings. The van der Waals surface area contributed by atoms with Crippen LogP contribution >= 0.6 is 0 Å². The summed E-state index contributed by atoms with van der Waals surface area (Å²) < 4.78 is 0. The first kappa shape index (κ1) is 15.9. The molecule has 0 atom stereocenters. The molecule has 1 N–H and O–H groups in total. The SMILES string of the molecule is CCN(CC)C(=O)CN1CCN(C(=O)CNC)CC1. The van der Waals surface area contributed by atoms with Gasteiger partial charge in [0.1, 0.15) is 0 Å². The number of nitrogens with one attached hydrogen (secondary N) is 1. The summed E-state index contributed by atoms with van der Waals surface area (Å²) in [5.41, 5.74) is 0. The van der Waals surface area contributed by atoms with Crippen LogP contribution in [0, 0.1) is 0 Å². The number of rotatable bonds is 6. The van der Waals surface area contributed by atoms with Gasteiger partial charge in [0, 0.05) is 39.3 Å². The van der Waals surface area contributed by atoms with Crippen molar-refractivity contribution in [1.29, 1.82) is 0 Å². The van der Waals surface area contributed by atoms with Gasteiger partial charge in [-0.05, 0) is 20.9 Å². The van der Waals surface area contributed by atoms with Crippen LogP contribution in [0.25, 0.3) is 0 Å². The Balaban J connectivity index is 2.34. The topological polar surface area (TPSA) is 55.9 Å². The van der Waals surface area contributed by atoms with Gasteiger partial charge >= 0.3 is 0 Å². The maximum atomic E-state index is 12.0. The van der Waals surface area contributed by atoms with Gasteiger partial charge in [-0.25, -0.2) is 0 Å². The highest BCUT2D eigenvalue weighted by Crippen LogP contribution is 2.03. The number of carbonyl (C=O) groups excluding carboxylic acids is 2. The molecule has 1 saturated heterocycles. The Bertz CT molecular complexity index is 297. The Kier molecular flexibility index (Phi) is 6.80. The van der Waals surface area contributed by atoms with Gasteiger partial charge < -0.3 is 15.1 Å². The maximum absolute atomic E-state index is 12.0. The molecule has 0 unspecified atom stereocenters. The summed E-state index contributed by atoms with van der Waals surface area (Å²) in [5, 5.41) is 2.87. The van der Waals surface area contributed by atoms with E-state index in [1.165, 1.54) is 0 Å². The Morgan fingerprint density at radius 2 is 1.68 bits per heavy atom. The van der Waals surface area contributed by atoms with E-state index in [0.717, 1.165) is 26.2 Å². The van der Waals surface area contributed by atoms with Crippen LogP contribution in [0.4, 0.5) is 0 Å². The van der Waals surface area contributed by atoms with Gasteiger partial charge in [-0.3, -0.25) is 14.5 Å². The molecule has 0 radical (unpaired) electrons. The van der Waals surface area contributed by atoms with Gasteiger partial charge in [-0.2, -0.15) is 0 Å². The van der Waals surface area contributed by atoms with Crippen molar-refractivity contribution in [3.8, 4) is 0 Å². The van der Waals surface area contributed by atoms with Crippen molar-refractivity contribution in [2.45, 2.75) is 13.8 Å². The summed E-state index contributed by atoms with van der Waals surface area (Å²) in [7, 11) is 1.77. The van der Waals surface area contributed by atoms with Gasteiger partial charge in [0.25, 0.3) is 0 Å². The molecule has 1 rings (SSSR count). The fraction of sp³-hybridized carbons (Fsp3) is 0.846. The Hall–Kier alpha value is -1.14. The van der Waals surface area contributed by atoms with Gasteiger partial charge in [-0.15, -0.1) is 0 Å². The third kappa shape index (κ3) is 4.80. The highest BCUT2D eigenvalue weighted by atomic mass is 16.2. The summed E-state index contributed by atoms with van der Waals surface area (Å²) in [6.45, 7) is 9.36. The minimum Gasteiger partial charge on any atom is -0.342 e. The molecule has 0 aliphatic carbocycles. The van der Waals surface area contributed by atoms with Gasteiger partial charge in [-0.1, -0.05) is 0 Å². The zero-order valence-corrected chi connectivity index (χ0v) is 12.3. The fourth-order valence-corrected chi connectivity index (χ4v) is 2.29. The van der Waals surface area contributed by atoms with E-state index in [9.17, 15) is 9.59 Å². The molecule has 1 heterocycles. The van der Waals surface area contributed by atoms with E-state index in [1.807, 2.05) is 23.6 Å². The molecule has 19 heavy (non-hydrogen) atoms. The van der Waals surface area contributed by atoms with Crippen molar-refractivity contribution in [1.82, 2.24) is 20.0 Å². The summed E-state index contributed by atoms with van der Waals surface area (Å²) in [5.74, 6) is 0.317. The lowest BCUT2D eigenvalue weighted by molar-refractivity contribution is -0.134. The second-order valence-electron chi connectivity index (χ2n) is 4.75. The Labute approximate surface area is 115 Å². The molecule has 2 amide bonds. The van der Waals surface area contributed by atoms with E-state index >= 15 is 0 Å². The quantitative estimate of drug-likeness (QED) is 0.688. The maximum Gasteiger partial charge on any atom is 0.236 e. The van der Waals surface area contributed by atoms with E-state index in [1.54, 1.807) is 7.05 Å². The average Bonchev–Trinajstić information content (AvgIpc) is 2.41. The molecule has 0 saturated carbocycles. The molecule has 1 aliphatic rings. The molecule has 6 nitrogen and oxygen atoms in total. The second kappa shape index (κ2) is 8.12. The zero-order chi connectivity index (χ0) is 14.3. The smallest absolute Gasteiger partial charge is 0.236 e. The average molecular weight is 270 g/mol. The predicted octanol–water partition coefficient (Wildman–Crippen LogP) is -0.782. The monoisotopic (exact) mass is 270 g/mol. The van der Waals surface area contributed by atoms with E-state index in [4.69, 9.17) is 0 Å². The van der Waals surface area contributed by atoms with E-state index in [0.29, 0.717) is 26.2 Å². The normalized spacial score (nSPS) is 16.5. The van der Waals surface area contributed by atoms with Crippen LogP contribution in [-0.4, -0.2) is 85.9 Å². The zero-order valence-electron chi connectivity index (χ0n) is 12.3. The van der Waals surface area contributed by atoms with Crippen LogP contribution in [0.2, 0.25) is 0 Å². The standard InChI is InChI=1S/C13H26N4O2/c1-4-16(5-2)13(19)11-15-6-8-17(9-7-15)12(18)10-14-3/h14H,4-11H2,1-3H3.